The Labute approximate surface area is 101 Å². The average Bonchev–Trinajstić information content (AvgIpc) is 2.63. The van der Waals surface area contributed by atoms with Crippen LogP contribution in [0, 0.1) is 0 Å². The Bertz CT molecular complexity index is 279. The van der Waals surface area contributed by atoms with Gasteiger partial charge in [-0.2, -0.15) is 0 Å². The van der Waals surface area contributed by atoms with E-state index in [0.717, 1.165) is 25.9 Å². The zero-order chi connectivity index (χ0) is 12.4. The van der Waals surface area contributed by atoms with Crippen LogP contribution in [-0.4, -0.2) is 72.1 Å². The molecular weight excluding hydrogens is 224 g/mol. The highest BCUT2D eigenvalue weighted by atomic mass is 16.5. The molecular formula is C11H20N2O4. The standard InChI is InChI=1S/C11H20N2O4/c1-13-4-2-7(3-5-13)12-11(16)10-9(15)8(14)6-17-10/h7-10,14-15H,2-6H2,1H3,(H,12,16). The fourth-order valence-corrected chi connectivity index (χ4v) is 2.27. The van der Waals surface area contributed by atoms with Crippen molar-refractivity contribution in [3.8, 4) is 0 Å². The summed E-state index contributed by atoms with van der Waals surface area (Å²) in [6, 6.07) is 0.146. The molecule has 2 heterocycles. The SMILES string of the molecule is CN1CCC(NC(=O)C2OCC(O)C2O)CC1. The van der Waals surface area contributed by atoms with Gasteiger partial charge >= 0.3 is 0 Å². The molecule has 6 nitrogen and oxygen atoms in total. The highest BCUT2D eigenvalue weighted by molar-refractivity contribution is 5.82. The number of aliphatic hydroxyl groups is 2. The molecule has 0 bridgehead atoms. The molecule has 2 aliphatic heterocycles. The first kappa shape index (κ1) is 12.8. The molecule has 1 amide bonds. The number of carbonyl (C=O) groups excluding carboxylic acids is 1. The van der Waals surface area contributed by atoms with Gasteiger partial charge in [0.25, 0.3) is 5.91 Å². The molecule has 2 fully saturated rings. The van der Waals surface area contributed by atoms with E-state index in [1.165, 1.54) is 0 Å². The van der Waals surface area contributed by atoms with Crippen molar-refractivity contribution in [3.05, 3.63) is 0 Å². The number of carbonyl (C=O) groups is 1. The summed E-state index contributed by atoms with van der Waals surface area (Å²) in [5.74, 6) is -0.316. The molecule has 3 unspecified atom stereocenters. The summed E-state index contributed by atoms with van der Waals surface area (Å²) in [5.41, 5.74) is 0. The van der Waals surface area contributed by atoms with Gasteiger partial charge in [0.1, 0.15) is 12.2 Å². The second kappa shape index (κ2) is 5.30. The van der Waals surface area contributed by atoms with Crippen LogP contribution in [0.25, 0.3) is 0 Å². The summed E-state index contributed by atoms with van der Waals surface area (Å²) in [4.78, 5) is 14.0. The number of rotatable bonds is 2. The number of likely N-dealkylation sites (tertiary alicyclic amines) is 1. The Hall–Kier alpha value is -0.690. The quantitative estimate of drug-likeness (QED) is 0.540. The lowest BCUT2D eigenvalue weighted by molar-refractivity contribution is -0.135. The van der Waals surface area contributed by atoms with Crippen molar-refractivity contribution in [2.45, 2.75) is 37.2 Å². The molecule has 2 aliphatic rings. The summed E-state index contributed by atoms with van der Waals surface area (Å²) < 4.78 is 5.08. The number of amides is 1. The van der Waals surface area contributed by atoms with Gasteiger partial charge in [0.2, 0.25) is 0 Å². The van der Waals surface area contributed by atoms with Gasteiger partial charge in [-0.25, -0.2) is 0 Å². The van der Waals surface area contributed by atoms with Gasteiger partial charge in [0.15, 0.2) is 6.10 Å². The maximum Gasteiger partial charge on any atom is 0.252 e. The van der Waals surface area contributed by atoms with Gasteiger partial charge in [0.05, 0.1) is 6.61 Å². The van der Waals surface area contributed by atoms with E-state index in [-0.39, 0.29) is 18.6 Å². The van der Waals surface area contributed by atoms with E-state index in [1.54, 1.807) is 0 Å². The molecule has 2 saturated heterocycles. The van der Waals surface area contributed by atoms with Gasteiger partial charge < -0.3 is 25.2 Å². The zero-order valence-corrected chi connectivity index (χ0v) is 10.0. The summed E-state index contributed by atoms with van der Waals surface area (Å²) in [6.45, 7) is 1.94. The van der Waals surface area contributed by atoms with Gasteiger partial charge in [-0.1, -0.05) is 0 Å². The molecule has 0 aliphatic carbocycles. The zero-order valence-electron chi connectivity index (χ0n) is 10.0. The van der Waals surface area contributed by atoms with E-state index in [2.05, 4.69) is 17.3 Å². The predicted octanol–water partition coefficient (Wildman–Crippen LogP) is -1.68. The third-order valence-electron chi connectivity index (χ3n) is 3.47. The van der Waals surface area contributed by atoms with Gasteiger partial charge in [-0.05, 0) is 33.0 Å². The van der Waals surface area contributed by atoms with Crippen molar-refractivity contribution < 1.29 is 19.7 Å². The van der Waals surface area contributed by atoms with Crippen LogP contribution in [0.3, 0.4) is 0 Å². The number of piperidine rings is 1. The highest BCUT2D eigenvalue weighted by Crippen LogP contribution is 2.15. The van der Waals surface area contributed by atoms with E-state index in [9.17, 15) is 15.0 Å². The first-order valence-electron chi connectivity index (χ1n) is 6.04. The molecule has 3 N–H and O–H groups in total. The van der Waals surface area contributed by atoms with Crippen LogP contribution < -0.4 is 5.32 Å². The van der Waals surface area contributed by atoms with Crippen LogP contribution in [-0.2, 0) is 9.53 Å². The normalized spacial score (nSPS) is 36.1. The van der Waals surface area contributed by atoms with Crippen molar-refractivity contribution in [2.75, 3.05) is 26.7 Å². The number of nitrogens with zero attached hydrogens (tertiary/aromatic N) is 1. The molecule has 0 aromatic heterocycles. The number of nitrogens with one attached hydrogen (secondary N) is 1. The van der Waals surface area contributed by atoms with Crippen LogP contribution in [0.15, 0.2) is 0 Å². The minimum atomic E-state index is -1.11. The first-order valence-corrected chi connectivity index (χ1v) is 6.04. The monoisotopic (exact) mass is 244 g/mol. The second-order valence-corrected chi connectivity index (χ2v) is 4.90. The number of hydrogen-bond acceptors (Lipinski definition) is 5. The predicted molar refractivity (Wildman–Crippen MR) is 60.4 cm³/mol. The third-order valence-corrected chi connectivity index (χ3v) is 3.47. The van der Waals surface area contributed by atoms with Crippen LogP contribution >= 0.6 is 0 Å². The molecule has 0 radical (unpaired) electrons. The molecule has 0 aromatic carbocycles. The topological polar surface area (TPSA) is 82.0 Å². The van der Waals surface area contributed by atoms with Crippen molar-refractivity contribution in [1.82, 2.24) is 10.2 Å². The Kier molecular flexibility index (Phi) is 3.98. The molecule has 3 atom stereocenters. The number of aliphatic hydroxyl groups excluding tert-OH is 2. The fourth-order valence-electron chi connectivity index (χ4n) is 2.27. The summed E-state index contributed by atoms with van der Waals surface area (Å²) >= 11 is 0. The van der Waals surface area contributed by atoms with Gasteiger partial charge in [-0.3, -0.25) is 4.79 Å². The maximum absolute atomic E-state index is 11.8. The average molecular weight is 244 g/mol. The Morgan fingerprint density at radius 1 is 1.35 bits per heavy atom. The molecule has 2 rings (SSSR count). The number of hydrogen-bond donors (Lipinski definition) is 3. The van der Waals surface area contributed by atoms with Crippen LogP contribution in [0.5, 0.6) is 0 Å². The Morgan fingerprint density at radius 3 is 2.53 bits per heavy atom. The van der Waals surface area contributed by atoms with Crippen molar-refractivity contribution in [1.29, 1.82) is 0 Å². The van der Waals surface area contributed by atoms with Crippen molar-refractivity contribution in [3.63, 3.8) is 0 Å². The van der Waals surface area contributed by atoms with Crippen LogP contribution in [0.4, 0.5) is 0 Å². The Balaban J connectivity index is 1.81. The molecule has 6 heteroatoms. The van der Waals surface area contributed by atoms with E-state index < -0.39 is 18.3 Å². The fraction of sp³-hybridized carbons (Fsp3) is 0.909. The lowest BCUT2D eigenvalue weighted by Crippen LogP contribution is -2.49. The number of ether oxygens (including phenoxy) is 1. The van der Waals surface area contributed by atoms with Gasteiger partial charge in [-0.15, -0.1) is 0 Å². The lowest BCUT2D eigenvalue weighted by atomic mass is 10.0. The van der Waals surface area contributed by atoms with E-state index in [4.69, 9.17) is 4.74 Å². The van der Waals surface area contributed by atoms with Crippen LogP contribution in [0.1, 0.15) is 12.8 Å². The highest BCUT2D eigenvalue weighted by Gasteiger charge is 2.40. The smallest absolute Gasteiger partial charge is 0.252 e. The third kappa shape index (κ3) is 2.95. The lowest BCUT2D eigenvalue weighted by Gasteiger charge is -2.30. The largest absolute Gasteiger partial charge is 0.388 e. The van der Waals surface area contributed by atoms with E-state index in [0.29, 0.717) is 0 Å². The summed E-state index contributed by atoms with van der Waals surface area (Å²) in [6.07, 6.45) is -1.17. The minimum absolute atomic E-state index is 0.0205. The summed E-state index contributed by atoms with van der Waals surface area (Å²) in [7, 11) is 2.05. The first-order chi connectivity index (χ1) is 8.08. The Morgan fingerprint density at radius 2 is 2.00 bits per heavy atom. The van der Waals surface area contributed by atoms with Crippen molar-refractivity contribution >= 4 is 5.91 Å². The molecule has 0 spiro atoms. The summed E-state index contributed by atoms with van der Waals surface area (Å²) in [5, 5.41) is 21.7. The molecule has 0 aromatic rings. The molecule has 17 heavy (non-hydrogen) atoms. The second-order valence-electron chi connectivity index (χ2n) is 4.90. The minimum Gasteiger partial charge on any atom is -0.388 e. The van der Waals surface area contributed by atoms with E-state index in [1.807, 2.05) is 0 Å². The van der Waals surface area contributed by atoms with Crippen molar-refractivity contribution in [2.24, 2.45) is 0 Å². The van der Waals surface area contributed by atoms with Crippen LogP contribution in [0.2, 0.25) is 0 Å². The maximum atomic E-state index is 11.8. The van der Waals surface area contributed by atoms with E-state index >= 15 is 0 Å². The molecule has 0 saturated carbocycles. The molecule has 98 valence electrons. The van der Waals surface area contributed by atoms with Gasteiger partial charge in [0, 0.05) is 6.04 Å².